The summed E-state index contributed by atoms with van der Waals surface area (Å²) < 4.78 is 53.1. The second kappa shape index (κ2) is 9.43. The first-order valence-corrected chi connectivity index (χ1v) is 10.1. The lowest BCUT2D eigenvalue weighted by molar-refractivity contribution is 0.511. The van der Waals surface area contributed by atoms with E-state index >= 15 is 0 Å². The molecule has 0 unspecified atom stereocenters. The fourth-order valence-electron chi connectivity index (χ4n) is 2.50. The molecule has 0 aromatic heterocycles. The molecule has 2 aromatic carbocycles. The molecular formula is C19H26F2N4O2S. The van der Waals surface area contributed by atoms with E-state index in [1.165, 1.54) is 25.4 Å². The van der Waals surface area contributed by atoms with Crippen LogP contribution < -0.4 is 15.8 Å². The van der Waals surface area contributed by atoms with E-state index in [1.54, 1.807) is 31.3 Å². The van der Waals surface area contributed by atoms with Crippen LogP contribution in [-0.2, 0) is 10.0 Å². The van der Waals surface area contributed by atoms with E-state index in [0.29, 0.717) is 22.5 Å². The van der Waals surface area contributed by atoms with Crippen molar-refractivity contribution in [2.75, 3.05) is 31.7 Å². The number of hydrogen-bond acceptors (Lipinski definition) is 5. The van der Waals surface area contributed by atoms with Crippen LogP contribution in [0.5, 0.6) is 0 Å². The van der Waals surface area contributed by atoms with Crippen LogP contribution in [0.3, 0.4) is 0 Å². The summed E-state index contributed by atoms with van der Waals surface area (Å²) in [7, 11) is -0.441. The lowest BCUT2D eigenvalue weighted by Crippen LogP contribution is -2.26. The van der Waals surface area contributed by atoms with Crippen LogP contribution in [0.4, 0.5) is 14.5 Å². The van der Waals surface area contributed by atoms with Crippen molar-refractivity contribution >= 4 is 27.6 Å². The summed E-state index contributed by atoms with van der Waals surface area (Å²) in [5, 5.41) is 3.01. The second-order valence-electron chi connectivity index (χ2n) is 5.84. The molecule has 2 rings (SSSR count). The first kappa shape index (κ1) is 21.5. The van der Waals surface area contributed by atoms with Crippen LogP contribution in [0.2, 0.25) is 0 Å². The minimum atomic E-state index is -3.37. The molecule has 0 atom stereocenters. The van der Waals surface area contributed by atoms with Gasteiger partial charge in [-0.25, -0.2) is 21.9 Å². The van der Waals surface area contributed by atoms with Gasteiger partial charge in [0.15, 0.2) is 11.6 Å². The molecule has 0 aliphatic carbocycles. The number of nitrogens with two attached hydrogens (primary N) is 1. The van der Waals surface area contributed by atoms with Gasteiger partial charge in [-0.05, 0) is 36.9 Å². The average molecular weight is 413 g/mol. The fourth-order valence-corrected chi connectivity index (χ4v) is 3.07. The van der Waals surface area contributed by atoms with Crippen molar-refractivity contribution < 1.29 is 20.1 Å². The van der Waals surface area contributed by atoms with Crippen LogP contribution in [0, 0.1) is 11.6 Å². The van der Waals surface area contributed by atoms with E-state index in [9.17, 15) is 17.2 Å². The van der Waals surface area contributed by atoms with Gasteiger partial charge in [0.25, 0.3) is 0 Å². The Morgan fingerprint density at radius 3 is 2.71 bits per heavy atom. The van der Waals surface area contributed by atoms with Gasteiger partial charge in [0.05, 0.1) is 5.75 Å². The Morgan fingerprint density at radius 1 is 1.29 bits per heavy atom. The van der Waals surface area contributed by atoms with Gasteiger partial charge in [0.2, 0.25) is 10.0 Å². The zero-order chi connectivity index (χ0) is 20.7. The van der Waals surface area contributed by atoms with Gasteiger partial charge < -0.3 is 11.1 Å². The van der Waals surface area contributed by atoms with Crippen LogP contribution in [0.15, 0.2) is 47.5 Å². The van der Waals surface area contributed by atoms with Gasteiger partial charge in [-0.1, -0.05) is 18.2 Å². The molecule has 4 N–H and O–H groups in total. The number of aliphatic imine (C=N–C) groups is 1. The van der Waals surface area contributed by atoms with E-state index in [1.807, 2.05) is 0 Å². The third-order valence-electron chi connectivity index (χ3n) is 3.99. The number of sulfonamides is 1. The summed E-state index contributed by atoms with van der Waals surface area (Å²) in [6, 6.07) is 8.80. The van der Waals surface area contributed by atoms with E-state index in [2.05, 4.69) is 15.0 Å². The number of nitrogens with zero attached hydrogens (tertiary/aromatic N) is 1. The highest BCUT2D eigenvalue weighted by Crippen LogP contribution is 2.30. The molecule has 154 valence electrons. The maximum absolute atomic E-state index is 14.2. The number of allylic oxidation sites excluding steroid dienone is 1. The van der Waals surface area contributed by atoms with Gasteiger partial charge >= 0.3 is 0 Å². The predicted molar refractivity (Wildman–Crippen MR) is 114 cm³/mol. The zero-order valence-corrected chi connectivity index (χ0v) is 16.4. The van der Waals surface area contributed by atoms with E-state index in [0.717, 1.165) is 6.07 Å². The average Bonchev–Trinajstić information content (AvgIpc) is 2.68. The highest BCUT2D eigenvalue weighted by Gasteiger charge is 2.14. The largest absolute Gasteiger partial charge is 0.398 e. The smallest absolute Gasteiger partial charge is 0.213 e. The first-order chi connectivity index (χ1) is 13.3. The van der Waals surface area contributed by atoms with Crippen molar-refractivity contribution in [2.45, 2.75) is 0 Å². The summed E-state index contributed by atoms with van der Waals surface area (Å²) in [6.45, 7) is 0.138. The Labute approximate surface area is 166 Å². The summed E-state index contributed by atoms with van der Waals surface area (Å²) in [5.74, 6) is -2.03. The lowest BCUT2D eigenvalue weighted by atomic mass is 9.99. The summed E-state index contributed by atoms with van der Waals surface area (Å²) in [6.07, 6.45) is 3.07. The molecule has 0 radical (unpaired) electrons. The van der Waals surface area contributed by atoms with Crippen molar-refractivity contribution in [3.05, 3.63) is 59.7 Å². The molecule has 0 fully saturated rings. The number of rotatable bonds is 8. The van der Waals surface area contributed by atoms with E-state index in [-0.39, 0.29) is 20.7 Å². The van der Waals surface area contributed by atoms with Crippen LogP contribution in [0.1, 0.15) is 8.42 Å². The minimum Gasteiger partial charge on any atom is -0.398 e. The minimum absolute atomic E-state index is 0. The monoisotopic (exact) mass is 412 g/mol. The standard InChI is InChI=1S/C19H22F2N4O2S.2H2/c1-23-9-8-17(22)15-12-13(14-4-3-5-16(20)19(14)21)6-7-18(15)25-10-11-28(26,27)24-2;;/h3-9,12,24-25H,10-11,22H2,1-2H3;2*1H/b17-8-,23-9?;;. The zero-order valence-electron chi connectivity index (χ0n) is 15.5. The van der Waals surface area contributed by atoms with Gasteiger partial charge in [-0.15, -0.1) is 0 Å². The highest BCUT2D eigenvalue weighted by atomic mass is 32.2. The van der Waals surface area contributed by atoms with Gasteiger partial charge in [-0.3, -0.25) is 4.99 Å². The molecule has 0 aliphatic rings. The molecule has 0 heterocycles. The summed E-state index contributed by atoms with van der Waals surface area (Å²) >= 11 is 0. The molecule has 2 aromatic rings. The summed E-state index contributed by atoms with van der Waals surface area (Å²) in [4.78, 5) is 3.84. The maximum Gasteiger partial charge on any atom is 0.213 e. The van der Waals surface area contributed by atoms with Crippen LogP contribution >= 0.6 is 0 Å². The Balaban J connectivity index is 0.00000420. The Hall–Kier alpha value is -2.78. The first-order valence-electron chi connectivity index (χ1n) is 8.41. The number of benzene rings is 2. The molecular weight excluding hydrogens is 386 g/mol. The number of anilines is 1. The molecule has 0 amide bonds. The van der Waals surface area contributed by atoms with Crippen LogP contribution in [-0.4, -0.2) is 41.0 Å². The normalized spacial score (nSPS) is 12.5. The van der Waals surface area contributed by atoms with Gasteiger partial charge in [0.1, 0.15) is 0 Å². The molecule has 6 nitrogen and oxygen atoms in total. The number of halogens is 2. The lowest BCUT2D eigenvalue weighted by Gasteiger charge is -2.15. The van der Waals surface area contributed by atoms with E-state index in [4.69, 9.17) is 5.73 Å². The Bertz CT molecular complexity index is 1020. The SMILES string of the molecule is CN=C/C=C(\N)c1cc(-c2cccc(F)c2F)ccc1NCCS(=O)(=O)NC.[HH].[HH]. The van der Waals surface area contributed by atoms with Gasteiger partial charge in [-0.2, -0.15) is 0 Å². The summed E-state index contributed by atoms with van der Waals surface area (Å²) in [5.41, 5.74) is 8.06. The topological polar surface area (TPSA) is 96.6 Å². The maximum atomic E-state index is 14.2. The molecule has 28 heavy (non-hydrogen) atoms. The fraction of sp³-hybridized carbons (Fsp3) is 0.211. The molecule has 0 saturated carbocycles. The Kier molecular flexibility index (Phi) is 7.24. The number of hydrogen-bond donors (Lipinski definition) is 3. The van der Waals surface area contributed by atoms with Crippen molar-refractivity contribution in [2.24, 2.45) is 10.7 Å². The second-order valence-corrected chi connectivity index (χ2v) is 7.89. The van der Waals surface area contributed by atoms with Gasteiger partial charge in [0, 0.05) is 45.2 Å². The van der Waals surface area contributed by atoms with E-state index < -0.39 is 21.7 Å². The molecule has 0 spiro atoms. The van der Waals surface area contributed by atoms with Crippen LogP contribution in [0.25, 0.3) is 16.8 Å². The number of nitrogens with one attached hydrogen (secondary N) is 2. The molecule has 0 saturated heterocycles. The van der Waals surface area contributed by atoms with Crippen molar-refractivity contribution in [3.8, 4) is 11.1 Å². The quantitative estimate of drug-likeness (QED) is 0.581. The highest BCUT2D eigenvalue weighted by molar-refractivity contribution is 7.89. The molecule has 0 aliphatic heterocycles. The third-order valence-corrected chi connectivity index (χ3v) is 5.36. The van der Waals surface area contributed by atoms with Crippen molar-refractivity contribution in [1.29, 1.82) is 0 Å². The predicted octanol–water partition coefficient (Wildman–Crippen LogP) is 3.09. The van der Waals surface area contributed by atoms with Crippen molar-refractivity contribution in [3.63, 3.8) is 0 Å². The van der Waals surface area contributed by atoms with Crippen molar-refractivity contribution in [1.82, 2.24) is 4.72 Å². The molecule has 9 heteroatoms. The Morgan fingerprint density at radius 2 is 2.04 bits per heavy atom. The molecule has 0 bridgehead atoms. The third kappa shape index (κ3) is 5.37.